The fourth-order valence-electron chi connectivity index (χ4n) is 3.50. The van der Waals surface area contributed by atoms with Crippen LogP contribution in [0, 0.1) is 5.41 Å². The van der Waals surface area contributed by atoms with E-state index in [2.05, 4.69) is 10.3 Å². The Hall–Kier alpha value is -2.89. The van der Waals surface area contributed by atoms with Crippen molar-refractivity contribution in [2.24, 2.45) is 10.4 Å². The summed E-state index contributed by atoms with van der Waals surface area (Å²) in [5.74, 6) is -2.11. The fraction of sp³-hybridized carbons (Fsp3) is 0.435. The van der Waals surface area contributed by atoms with Gasteiger partial charge in [-0.15, -0.1) is 0 Å². The molecule has 0 saturated heterocycles. The lowest BCUT2D eigenvalue weighted by atomic mass is 9.86. The third-order valence-corrected chi connectivity index (χ3v) is 6.53. The highest BCUT2D eigenvalue weighted by Crippen LogP contribution is 2.39. The van der Waals surface area contributed by atoms with E-state index in [9.17, 15) is 36.6 Å². The average molecular weight is 519 g/mol. The van der Waals surface area contributed by atoms with E-state index in [1.807, 2.05) is 0 Å². The highest BCUT2D eigenvalue weighted by atomic mass is 32.2. The Morgan fingerprint density at radius 1 is 1.17 bits per heavy atom. The molecule has 0 saturated carbocycles. The zero-order chi connectivity index (χ0) is 26.1. The molecule has 2 unspecified atom stereocenters. The van der Waals surface area contributed by atoms with E-state index >= 15 is 0 Å². The molecule has 1 heterocycles. The maximum Gasteiger partial charge on any atom is 0.416 e. The molecule has 1 aromatic carbocycles. The van der Waals surface area contributed by atoms with Gasteiger partial charge in [-0.25, -0.2) is 13.6 Å². The van der Waals surface area contributed by atoms with Crippen LogP contribution in [0.3, 0.4) is 0 Å². The number of alkyl halides is 5. The van der Waals surface area contributed by atoms with Crippen LogP contribution in [0.5, 0.6) is 0 Å². The minimum absolute atomic E-state index is 0.0592. The highest BCUT2D eigenvalue weighted by molar-refractivity contribution is 8.15. The number of aliphatic carboxylic acids is 1. The van der Waals surface area contributed by atoms with E-state index in [0.717, 1.165) is 23.9 Å². The maximum atomic E-state index is 13.3. The van der Waals surface area contributed by atoms with Gasteiger partial charge < -0.3 is 15.2 Å². The van der Waals surface area contributed by atoms with Gasteiger partial charge in [0.2, 0.25) is 0 Å². The number of hydrogen-bond acceptors (Lipinski definition) is 5. The molecule has 0 spiro atoms. The van der Waals surface area contributed by atoms with E-state index < -0.39 is 57.8 Å². The van der Waals surface area contributed by atoms with Gasteiger partial charge in [0.25, 0.3) is 12.3 Å². The molecule has 2 N–H and O–H groups in total. The first-order valence-electron chi connectivity index (χ1n) is 10.5. The van der Waals surface area contributed by atoms with Gasteiger partial charge in [0, 0.05) is 0 Å². The van der Waals surface area contributed by atoms with Gasteiger partial charge in [-0.1, -0.05) is 50.7 Å². The van der Waals surface area contributed by atoms with Gasteiger partial charge in [0.05, 0.1) is 16.4 Å². The van der Waals surface area contributed by atoms with Gasteiger partial charge in [-0.05, 0) is 29.2 Å². The number of halogens is 5. The quantitative estimate of drug-likeness (QED) is 0.506. The van der Waals surface area contributed by atoms with Crippen LogP contribution in [0.15, 0.2) is 52.7 Å². The largest absolute Gasteiger partial charge is 0.490 e. The van der Waals surface area contributed by atoms with Crippen molar-refractivity contribution in [2.45, 2.75) is 57.3 Å². The van der Waals surface area contributed by atoms with E-state index in [1.54, 1.807) is 20.8 Å². The summed E-state index contributed by atoms with van der Waals surface area (Å²) >= 11 is 0.818. The van der Waals surface area contributed by atoms with Crippen molar-refractivity contribution in [3.05, 3.63) is 58.9 Å². The lowest BCUT2D eigenvalue weighted by Gasteiger charge is -2.29. The van der Waals surface area contributed by atoms with Crippen LogP contribution >= 0.6 is 11.8 Å². The third-order valence-electron chi connectivity index (χ3n) is 5.32. The number of carbonyl (C=O) groups is 2. The summed E-state index contributed by atoms with van der Waals surface area (Å²) in [6.45, 7) is 4.62. The molecule has 190 valence electrons. The predicted molar refractivity (Wildman–Crippen MR) is 120 cm³/mol. The number of fused-ring (bicyclic) bond motifs is 1. The van der Waals surface area contributed by atoms with Crippen molar-refractivity contribution in [1.29, 1.82) is 0 Å². The lowest BCUT2D eigenvalue weighted by Crippen LogP contribution is -2.49. The minimum atomic E-state index is -4.51. The fourth-order valence-corrected chi connectivity index (χ4v) is 4.52. The van der Waals surface area contributed by atoms with Gasteiger partial charge in [-0.2, -0.15) is 13.2 Å². The number of ether oxygens (including phenoxy) is 1. The second-order valence-corrected chi connectivity index (χ2v) is 10.2. The molecule has 6 nitrogen and oxygen atoms in total. The number of benzene rings is 1. The van der Waals surface area contributed by atoms with Crippen LogP contribution in [0.2, 0.25) is 0 Å². The summed E-state index contributed by atoms with van der Waals surface area (Å²) in [5.41, 5.74) is -1.43. The Bertz CT molecular complexity index is 1070. The van der Waals surface area contributed by atoms with Crippen LogP contribution in [0.1, 0.15) is 31.9 Å². The maximum absolute atomic E-state index is 13.3. The molecule has 35 heavy (non-hydrogen) atoms. The summed E-state index contributed by atoms with van der Waals surface area (Å²) in [7, 11) is 0. The number of hydrogen-bond donors (Lipinski definition) is 2. The Morgan fingerprint density at radius 2 is 1.80 bits per heavy atom. The zero-order valence-electron chi connectivity index (χ0n) is 18.9. The first-order valence-corrected chi connectivity index (χ1v) is 11.3. The van der Waals surface area contributed by atoms with Crippen molar-refractivity contribution < 1.29 is 41.4 Å². The number of nitrogens with one attached hydrogen (secondary N) is 1. The van der Waals surface area contributed by atoms with Crippen molar-refractivity contribution in [1.82, 2.24) is 5.32 Å². The minimum Gasteiger partial charge on any atom is -0.490 e. The summed E-state index contributed by atoms with van der Waals surface area (Å²) in [6, 6.07) is 1.94. The summed E-state index contributed by atoms with van der Waals surface area (Å²) in [6.07, 6.45) is -4.47. The van der Waals surface area contributed by atoms with Crippen molar-refractivity contribution >= 4 is 28.7 Å². The normalized spacial score (nSPS) is 21.0. The average Bonchev–Trinajstić information content (AvgIpc) is 3.19. The van der Waals surface area contributed by atoms with Gasteiger partial charge in [0.1, 0.15) is 29.5 Å². The molecule has 3 rings (SSSR count). The monoisotopic (exact) mass is 518 g/mol. The number of carboxylic acid groups (broad SMARTS) is 1. The number of aliphatic imine (C=N–C) groups is 1. The molecular weight excluding hydrogens is 495 g/mol. The van der Waals surface area contributed by atoms with Crippen molar-refractivity contribution in [2.75, 3.05) is 0 Å². The SMILES string of the molecule is CC(C)(C)[C@H](NC(=O)C1=C(OCc2ccc(C(F)(F)F)cc2)C2N=C(C(F)F)SC2C=C1)C(=O)O. The van der Waals surface area contributed by atoms with Crippen molar-refractivity contribution in [3.8, 4) is 0 Å². The molecule has 0 radical (unpaired) electrons. The van der Waals surface area contributed by atoms with E-state index in [-0.39, 0.29) is 17.9 Å². The Balaban J connectivity index is 1.92. The molecule has 1 aliphatic carbocycles. The molecular formula is C23H23F5N2O4S. The standard InChI is InChI=1S/C23H23F5N2O4S/c1-22(2,3)17(21(32)33)30-19(31)13-8-9-14-15(29-20(35-14)18(24)25)16(13)34-10-11-4-6-12(7-5-11)23(26,27)28/h4-9,14-15,17-18H,10H2,1-3H3,(H,30,31)(H,32,33)/t14?,15?,17-/m1/s1. The molecule has 2 aliphatic rings. The zero-order valence-corrected chi connectivity index (χ0v) is 19.7. The second-order valence-electron chi connectivity index (χ2n) is 9.03. The van der Waals surface area contributed by atoms with Crippen LogP contribution in [0.25, 0.3) is 0 Å². The number of nitrogens with zero attached hydrogens (tertiary/aromatic N) is 1. The smallest absolute Gasteiger partial charge is 0.416 e. The molecule has 1 aromatic rings. The molecule has 0 fully saturated rings. The van der Waals surface area contributed by atoms with Gasteiger partial charge >= 0.3 is 12.1 Å². The first kappa shape index (κ1) is 26.7. The third kappa shape index (κ3) is 6.22. The topological polar surface area (TPSA) is 88.0 Å². The predicted octanol–water partition coefficient (Wildman–Crippen LogP) is 4.81. The van der Waals surface area contributed by atoms with Crippen LogP contribution in [0.4, 0.5) is 22.0 Å². The first-order chi connectivity index (χ1) is 16.2. The Labute approximate surface area is 202 Å². The number of rotatable bonds is 7. The number of carbonyl (C=O) groups excluding carboxylic acids is 1. The number of thioether (sulfide) groups is 1. The van der Waals surface area contributed by atoms with E-state index in [0.29, 0.717) is 5.56 Å². The molecule has 12 heteroatoms. The van der Waals surface area contributed by atoms with Crippen LogP contribution in [-0.4, -0.2) is 45.8 Å². The second kappa shape index (κ2) is 10.00. The molecule has 1 aliphatic heterocycles. The number of carboxylic acids is 1. The Kier molecular flexibility index (Phi) is 7.63. The molecule has 0 bridgehead atoms. The summed E-state index contributed by atoms with van der Waals surface area (Å²) in [4.78, 5) is 28.7. The van der Waals surface area contributed by atoms with Crippen LogP contribution in [-0.2, 0) is 27.1 Å². The number of amides is 1. The summed E-state index contributed by atoms with van der Waals surface area (Å²) < 4.78 is 70.8. The lowest BCUT2D eigenvalue weighted by molar-refractivity contribution is -0.144. The Morgan fingerprint density at radius 3 is 2.31 bits per heavy atom. The summed E-state index contributed by atoms with van der Waals surface area (Å²) in [5, 5.41) is 11.0. The van der Waals surface area contributed by atoms with Gasteiger partial charge in [-0.3, -0.25) is 9.79 Å². The van der Waals surface area contributed by atoms with Gasteiger partial charge in [0.15, 0.2) is 0 Å². The molecule has 1 amide bonds. The van der Waals surface area contributed by atoms with E-state index in [1.165, 1.54) is 24.3 Å². The molecule has 3 atom stereocenters. The van der Waals surface area contributed by atoms with Crippen molar-refractivity contribution in [3.63, 3.8) is 0 Å². The van der Waals surface area contributed by atoms with Crippen LogP contribution < -0.4 is 5.32 Å². The highest BCUT2D eigenvalue weighted by Gasteiger charge is 2.41. The molecule has 0 aromatic heterocycles. The van der Waals surface area contributed by atoms with E-state index in [4.69, 9.17) is 4.74 Å².